The summed E-state index contributed by atoms with van der Waals surface area (Å²) in [7, 11) is 0. The third-order valence-electron chi connectivity index (χ3n) is 2.49. The molecule has 0 aliphatic carbocycles. The van der Waals surface area contributed by atoms with Gasteiger partial charge in [-0.1, -0.05) is 0 Å². The summed E-state index contributed by atoms with van der Waals surface area (Å²) in [4.78, 5) is 11.0. The second-order valence-electron chi connectivity index (χ2n) is 3.83. The van der Waals surface area contributed by atoms with Crippen LogP contribution in [-0.2, 0) is 4.79 Å². The van der Waals surface area contributed by atoms with Crippen LogP contribution in [0.4, 0.5) is 0 Å². The molecule has 0 radical (unpaired) electrons. The van der Waals surface area contributed by atoms with Crippen molar-refractivity contribution in [1.29, 1.82) is 0 Å². The van der Waals surface area contributed by atoms with Gasteiger partial charge in [-0.3, -0.25) is 4.79 Å². The van der Waals surface area contributed by atoms with Crippen molar-refractivity contribution < 1.29 is 40.5 Å². The van der Waals surface area contributed by atoms with E-state index in [0.717, 1.165) is 0 Å². The fourth-order valence-electron chi connectivity index (χ4n) is 1.24. The Kier molecular flexibility index (Phi) is 7.43. The van der Waals surface area contributed by atoms with E-state index in [2.05, 4.69) is 0 Å². The lowest BCUT2D eigenvalue weighted by molar-refractivity contribution is -0.164. The van der Waals surface area contributed by atoms with Gasteiger partial charge in [0.1, 0.15) is 36.6 Å². The van der Waals surface area contributed by atoms with Crippen LogP contribution in [0.25, 0.3) is 0 Å². The van der Waals surface area contributed by atoms with Crippen molar-refractivity contribution in [3.63, 3.8) is 0 Å². The monoisotopic (exact) mass is 269 g/mol. The zero-order chi connectivity index (χ0) is 14.5. The number of ketones is 1. The van der Waals surface area contributed by atoms with E-state index in [1.165, 1.54) is 0 Å². The molecule has 0 saturated carbocycles. The Bertz CT molecular complexity index is 263. The minimum absolute atomic E-state index is 0.580. The largest absolute Gasteiger partial charge is 0.394 e. The molecule has 9 N–H and O–H groups in total. The molecule has 0 fully saturated rings. The SMILES string of the molecule is NCC(=O)[C@H](O)[C@@H](O)[C@@H](O)[C@H](O)[C@H](O)[C@H](O)CO. The molecule has 0 aromatic heterocycles. The summed E-state index contributed by atoms with van der Waals surface area (Å²) in [6.07, 6.45) is -12.0. The molecule has 0 aromatic carbocycles. The van der Waals surface area contributed by atoms with Crippen LogP contribution < -0.4 is 5.73 Å². The fourth-order valence-corrected chi connectivity index (χ4v) is 1.24. The molecule has 6 atom stereocenters. The molecule has 0 bridgehead atoms. The van der Waals surface area contributed by atoms with Crippen LogP contribution in [0.2, 0.25) is 0 Å². The normalized spacial score (nSPS) is 21.8. The highest BCUT2D eigenvalue weighted by Crippen LogP contribution is 2.11. The number of nitrogens with two attached hydrogens (primary N) is 1. The highest BCUT2D eigenvalue weighted by Gasteiger charge is 2.38. The Morgan fingerprint density at radius 2 is 1.33 bits per heavy atom. The lowest BCUT2D eigenvalue weighted by atomic mass is 9.95. The van der Waals surface area contributed by atoms with E-state index in [0.29, 0.717) is 0 Å². The first-order valence-electron chi connectivity index (χ1n) is 5.19. The average molecular weight is 269 g/mol. The molecule has 0 aromatic rings. The van der Waals surface area contributed by atoms with Crippen LogP contribution in [0.15, 0.2) is 0 Å². The summed E-state index contributed by atoms with van der Waals surface area (Å²) < 4.78 is 0. The van der Waals surface area contributed by atoms with E-state index < -0.39 is 55.6 Å². The molecular formula is C9H19NO8. The van der Waals surface area contributed by atoms with Gasteiger partial charge in [-0.25, -0.2) is 0 Å². The summed E-state index contributed by atoms with van der Waals surface area (Å²) in [5.41, 5.74) is 4.93. The predicted octanol–water partition coefficient (Wildman–Crippen LogP) is -5.33. The van der Waals surface area contributed by atoms with Gasteiger partial charge in [0.15, 0.2) is 5.78 Å². The second-order valence-corrected chi connectivity index (χ2v) is 3.83. The Labute approximate surface area is 103 Å². The molecule has 9 heteroatoms. The zero-order valence-corrected chi connectivity index (χ0v) is 9.49. The quantitative estimate of drug-likeness (QED) is 0.213. The second kappa shape index (κ2) is 7.71. The molecule has 0 unspecified atom stereocenters. The van der Waals surface area contributed by atoms with Crippen molar-refractivity contribution in [2.45, 2.75) is 36.6 Å². The van der Waals surface area contributed by atoms with Gasteiger partial charge >= 0.3 is 0 Å². The molecule has 0 saturated heterocycles. The van der Waals surface area contributed by atoms with Crippen LogP contribution in [0.5, 0.6) is 0 Å². The summed E-state index contributed by atoms with van der Waals surface area (Å²) >= 11 is 0. The molecule has 0 aliphatic rings. The Hall–Kier alpha value is -0.650. The number of rotatable bonds is 8. The Morgan fingerprint density at radius 1 is 0.889 bits per heavy atom. The van der Waals surface area contributed by atoms with Gasteiger partial charge < -0.3 is 41.5 Å². The molecule has 18 heavy (non-hydrogen) atoms. The molecule has 0 amide bonds. The molecular weight excluding hydrogens is 250 g/mol. The van der Waals surface area contributed by atoms with Crippen molar-refractivity contribution in [2.24, 2.45) is 5.73 Å². The molecule has 0 rings (SSSR count). The van der Waals surface area contributed by atoms with Gasteiger partial charge in [-0.15, -0.1) is 0 Å². The van der Waals surface area contributed by atoms with Crippen molar-refractivity contribution in [2.75, 3.05) is 13.2 Å². The van der Waals surface area contributed by atoms with E-state index in [1.54, 1.807) is 0 Å². The number of carbonyl (C=O) groups excluding carboxylic acids is 1. The van der Waals surface area contributed by atoms with Crippen LogP contribution >= 0.6 is 0 Å². The van der Waals surface area contributed by atoms with Gasteiger partial charge in [-0.05, 0) is 0 Å². The number of hydrogen-bond donors (Lipinski definition) is 8. The van der Waals surface area contributed by atoms with Gasteiger partial charge in [-0.2, -0.15) is 0 Å². The first kappa shape index (κ1) is 17.4. The summed E-state index contributed by atoms with van der Waals surface area (Å²) in [6.45, 7) is -1.46. The number of aliphatic hydroxyl groups is 7. The molecule has 9 nitrogen and oxygen atoms in total. The minimum Gasteiger partial charge on any atom is -0.394 e. The van der Waals surface area contributed by atoms with Gasteiger partial charge in [0, 0.05) is 0 Å². The number of Topliss-reactive ketones (excluding diaryl/α,β-unsaturated/α-hetero) is 1. The maximum atomic E-state index is 11.0. The molecule has 0 heterocycles. The van der Waals surface area contributed by atoms with Crippen molar-refractivity contribution in [1.82, 2.24) is 0 Å². The van der Waals surface area contributed by atoms with Crippen LogP contribution in [-0.4, -0.2) is 91.3 Å². The fraction of sp³-hybridized carbons (Fsp3) is 0.889. The van der Waals surface area contributed by atoms with Gasteiger partial charge in [0.25, 0.3) is 0 Å². The maximum Gasteiger partial charge on any atom is 0.177 e. The van der Waals surface area contributed by atoms with Crippen molar-refractivity contribution in [3.8, 4) is 0 Å². The van der Waals surface area contributed by atoms with Crippen LogP contribution in [0.3, 0.4) is 0 Å². The number of aliphatic hydroxyl groups excluding tert-OH is 7. The van der Waals surface area contributed by atoms with E-state index in [-0.39, 0.29) is 0 Å². The summed E-state index contributed by atoms with van der Waals surface area (Å²) in [5, 5.41) is 64.2. The Balaban J connectivity index is 4.62. The first-order valence-corrected chi connectivity index (χ1v) is 5.19. The summed E-state index contributed by atoms with van der Waals surface area (Å²) in [6, 6.07) is 0. The zero-order valence-electron chi connectivity index (χ0n) is 9.49. The smallest absolute Gasteiger partial charge is 0.177 e. The van der Waals surface area contributed by atoms with E-state index in [4.69, 9.17) is 15.9 Å². The number of hydrogen-bond acceptors (Lipinski definition) is 9. The van der Waals surface area contributed by atoms with E-state index in [9.17, 15) is 30.3 Å². The van der Waals surface area contributed by atoms with E-state index >= 15 is 0 Å². The van der Waals surface area contributed by atoms with Gasteiger partial charge in [0.05, 0.1) is 13.2 Å². The summed E-state index contributed by atoms with van der Waals surface area (Å²) in [5.74, 6) is -0.967. The Morgan fingerprint density at radius 3 is 1.72 bits per heavy atom. The standard InChI is InChI=1S/C9H19NO8/c10-1-3(12)5(14)7(16)9(18)8(17)6(15)4(13)2-11/h4-9,11,13-18H,1-2,10H2/t4-,5+,6-,7-,8-,9-/m1/s1. The van der Waals surface area contributed by atoms with Crippen LogP contribution in [0.1, 0.15) is 0 Å². The van der Waals surface area contributed by atoms with Gasteiger partial charge in [0.2, 0.25) is 0 Å². The van der Waals surface area contributed by atoms with E-state index in [1.807, 2.05) is 0 Å². The van der Waals surface area contributed by atoms with Crippen molar-refractivity contribution >= 4 is 5.78 Å². The highest BCUT2D eigenvalue weighted by atomic mass is 16.4. The lowest BCUT2D eigenvalue weighted by Crippen LogP contribution is -2.54. The minimum atomic E-state index is -2.10. The highest BCUT2D eigenvalue weighted by molar-refractivity contribution is 5.85. The maximum absolute atomic E-state index is 11.0. The third-order valence-corrected chi connectivity index (χ3v) is 2.49. The predicted molar refractivity (Wildman–Crippen MR) is 57.2 cm³/mol. The van der Waals surface area contributed by atoms with Crippen LogP contribution in [0, 0.1) is 0 Å². The molecule has 0 aliphatic heterocycles. The molecule has 0 spiro atoms. The molecule has 108 valence electrons. The lowest BCUT2D eigenvalue weighted by Gasteiger charge is -2.29. The first-order chi connectivity index (χ1) is 8.27. The topological polar surface area (TPSA) is 185 Å². The average Bonchev–Trinajstić information content (AvgIpc) is 2.40. The number of carbonyl (C=O) groups is 1. The third kappa shape index (κ3) is 4.23. The van der Waals surface area contributed by atoms with Crippen molar-refractivity contribution in [3.05, 3.63) is 0 Å².